The van der Waals surface area contributed by atoms with Crippen LogP contribution >= 0.6 is 0 Å². The number of amides is 1. The van der Waals surface area contributed by atoms with E-state index in [2.05, 4.69) is 9.57 Å². The highest BCUT2D eigenvalue weighted by Crippen LogP contribution is 2.14. The van der Waals surface area contributed by atoms with Crippen molar-refractivity contribution in [1.29, 1.82) is 0 Å². The Bertz CT molecular complexity index is 354. The van der Waals surface area contributed by atoms with Crippen molar-refractivity contribution in [2.75, 3.05) is 6.61 Å². The first kappa shape index (κ1) is 13.3. The second-order valence-corrected chi connectivity index (χ2v) is 3.07. The molecule has 0 unspecified atom stereocenters. The second-order valence-electron chi connectivity index (χ2n) is 3.07. The van der Waals surface area contributed by atoms with Crippen LogP contribution < -0.4 is 5.48 Å². The zero-order valence-corrected chi connectivity index (χ0v) is 8.66. The van der Waals surface area contributed by atoms with Crippen molar-refractivity contribution in [3.8, 4) is 0 Å². The largest absolute Gasteiger partial charge is 0.438 e. The van der Waals surface area contributed by atoms with Gasteiger partial charge in [0.05, 0.1) is 6.61 Å². The summed E-state index contributed by atoms with van der Waals surface area (Å²) in [5.74, 6) is 0. The average molecular weight is 249 g/mol. The van der Waals surface area contributed by atoms with Gasteiger partial charge in [0, 0.05) is 0 Å². The molecule has 0 aliphatic heterocycles. The molecule has 0 saturated heterocycles. The molecule has 1 aromatic carbocycles. The molecule has 0 aliphatic carbocycles. The van der Waals surface area contributed by atoms with Gasteiger partial charge in [-0.15, -0.1) is 0 Å². The topological polar surface area (TPSA) is 47.6 Å². The first-order valence-electron chi connectivity index (χ1n) is 4.62. The monoisotopic (exact) mass is 249 g/mol. The van der Waals surface area contributed by atoms with E-state index >= 15 is 0 Å². The van der Waals surface area contributed by atoms with Crippen LogP contribution in [0.1, 0.15) is 5.56 Å². The normalized spacial score (nSPS) is 11.0. The molecule has 0 fully saturated rings. The van der Waals surface area contributed by atoms with E-state index in [1.165, 1.54) is 0 Å². The number of hydrogen-bond donors (Lipinski definition) is 1. The maximum absolute atomic E-state index is 11.7. The fourth-order valence-corrected chi connectivity index (χ4v) is 0.929. The van der Waals surface area contributed by atoms with Crippen LogP contribution in [0, 0.1) is 0 Å². The molecule has 0 radical (unpaired) electrons. The Morgan fingerprint density at radius 1 is 1.24 bits per heavy atom. The number of halogens is 3. The van der Waals surface area contributed by atoms with Crippen molar-refractivity contribution in [3.05, 3.63) is 35.9 Å². The van der Waals surface area contributed by atoms with E-state index in [9.17, 15) is 18.0 Å². The Hall–Kier alpha value is -1.76. The van der Waals surface area contributed by atoms with Gasteiger partial charge in [-0.3, -0.25) is 4.84 Å². The lowest BCUT2D eigenvalue weighted by Gasteiger charge is -2.09. The number of benzene rings is 1. The average Bonchev–Trinajstić information content (AvgIpc) is 2.27. The van der Waals surface area contributed by atoms with Gasteiger partial charge in [0.1, 0.15) is 0 Å². The molecule has 0 atom stereocenters. The summed E-state index contributed by atoms with van der Waals surface area (Å²) in [4.78, 5) is 15.4. The molecule has 1 amide bonds. The van der Waals surface area contributed by atoms with Gasteiger partial charge in [0.25, 0.3) is 0 Å². The van der Waals surface area contributed by atoms with Gasteiger partial charge in [0.15, 0.2) is 6.61 Å². The minimum Gasteiger partial charge on any atom is -0.438 e. The predicted molar refractivity (Wildman–Crippen MR) is 51.8 cm³/mol. The lowest BCUT2D eigenvalue weighted by atomic mass is 10.2. The van der Waals surface area contributed by atoms with Crippen LogP contribution in [-0.2, 0) is 16.2 Å². The maximum Gasteiger partial charge on any atom is 0.431 e. The molecular formula is C10H10F3NO3. The van der Waals surface area contributed by atoms with Gasteiger partial charge >= 0.3 is 12.3 Å². The van der Waals surface area contributed by atoms with Crippen LogP contribution in [0.4, 0.5) is 18.0 Å². The van der Waals surface area contributed by atoms with Crippen molar-refractivity contribution in [2.24, 2.45) is 0 Å². The highest BCUT2D eigenvalue weighted by atomic mass is 19.4. The summed E-state index contributed by atoms with van der Waals surface area (Å²) in [7, 11) is 0. The molecule has 4 nitrogen and oxygen atoms in total. The number of carbonyl (C=O) groups excluding carboxylic acids is 1. The van der Waals surface area contributed by atoms with Crippen LogP contribution in [0.2, 0.25) is 0 Å². The highest BCUT2D eigenvalue weighted by Gasteiger charge is 2.29. The minimum absolute atomic E-state index is 0.0436. The Morgan fingerprint density at radius 2 is 1.88 bits per heavy atom. The molecule has 0 aromatic heterocycles. The van der Waals surface area contributed by atoms with Crippen LogP contribution in [0.15, 0.2) is 30.3 Å². The minimum atomic E-state index is -4.54. The molecule has 0 spiro atoms. The van der Waals surface area contributed by atoms with Gasteiger partial charge in [-0.25, -0.2) is 4.79 Å². The van der Waals surface area contributed by atoms with Crippen LogP contribution in [0.25, 0.3) is 0 Å². The molecule has 0 aliphatic rings. The van der Waals surface area contributed by atoms with Gasteiger partial charge in [0.2, 0.25) is 0 Å². The second kappa shape index (κ2) is 6.09. The van der Waals surface area contributed by atoms with Gasteiger partial charge in [-0.1, -0.05) is 30.3 Å². The van der Waals surface area contributed by atoms with Gasteiger partial charge < -0.3 is 4.74 Å². The molecular weight excluding hydrogens is 239 g/mol. The summed E-state index contributed by atoms with van der Waals surface area (Å²) in [5, 5.41) is 0. The maximum atomic E-state index is 11.7. The van der Waals surface area contributed by atoms with E-state index in [1.807, 2.05) is 0 Å². The van der Waals surface area contributed by atoms with Crippen molar-refractivity contribution < 1.29 is 27.5 Å². The summed E-state index contributed by atoms with van der Waals surface area (Å²) < 4.78 is 38.8. The number of hydroxylamine groups is 1. The first-order valence-corrected chi connectivity index (χ1v) is 4.62. The summed E-state index contributed by atoms with van der Waals surface area (Å²) in [6.45, 7) is -1.60. The number of nitrogens with one attached hydrogen (secondary N) is 1. The number of rotatable bonds is 4. The fraction of sp³-hybridized carbons (Fsp3) is 0.300. The SMILES string of the molecule is O=C(NOCc1ccccc1)OCC(F)(F)F. The van der Waals surface area contributed by atoms with Crippen LogP contribution in [0.3, 0.4) is 0 Å². The van der Waals surface area contributed by atoms with E-state index in [1.54, 1.807) is 35.8 Å². The standard InChI is InChI=1S/C10H10F3NO3/c11-10(12,13)7-16-9(15)14-17-6-8-4-2-1-3-5-8/h1-5H,6-7H2,(H,14,15). The molecule has 1 aromatic rings. The van der Waals surface area contributed by atoms with E-state index in [0.717, 1.165) is 5.56 Å². The van der Waals surface area contributed by atoms with Crippen LogP contribution in [0.5, 0.6) is 0 Å². The van der Waals surface area contributed by atoms with Gasteiger partial charge in [-0.05, 0) is 5.56 Å². The highest BCUT2D eigenvalue weighted by molar-refractivity contribution is 5.65. The number of ether oxygens (including phenoxy) is 1. The smallest absolute Gasteiger partial charge is 0.431 e. The third-order valence-corrected chi connectivity index (χ3v) is 1.60. The van der Waals surface area contributed by atoms with E-state index in [-0.39, 0.29) is 6.61 Å². The zero-order valence-electron chi connectivity index (χ0n) is 8.66. The zero-order chi connectivity index (χ0) is 12.7. The quantitative estimate of drug-likeness (QED) is 0.833. The van der Waals surface area contributed by atoms with Crippen molar-refractivity contribution in [1.82, 2.24) is 5.48 Å². The summed E-state index contributed by atoms with van der Waals surface area (Å²) >= 11 is 0. The van der Waals surface area contributed by atoms with E-state index in [4.69, 9.17) is 0 Å². The number of alkyl halides is 3. The summed E-state index contributed by atoms with van der Waals surface area (Å²) in [6.07, 6.45) is -5.82. The molecule has 17 heavy (non-hydrogen) atoms. The van der Waals surface area contributed by atoms with Crippen LogP contribution in [-0.4, -0.2) is 18.9 Å². The van der Waals surface area contributed by atoms with Crippen molar-refractivity contribution in [2.45, 2.75) is 12.8 Å². The third kappa shape index (κ3) is 6.41. The molecule has 1 rings (SSSR count). The molecule has 0 bridgehead atoms. The van der Waals surface area contributed by atoms with Crippen molar-refractivity contribution in [3.63, 3.8) is 0 Å². The Kier molecular flexibility index (Phi) is 4.77. The molecule has 0 saturated carbocycles. The van der Waals surface area contributed by atoms with E-state index in [0.29, 0.717) is 0 Å². The lowest BCUT2D eigenvalue weighted by molar-refractivity contribution is -0.162. The fourth-order valence-electron chi connectivity index (χ4n) is 0.929. The molecule has 1 N–H and O–H groups in total. The van der Waals surface area contributed by atoms with E-state index < -0.39 is 18.9 Å². The summed E-state index contributed by atoms with van der Waals surface area (Å²) in [5.41, 5.74) is 2.51. The van der Waals surface area contributed by atoms with Gasteiger partial charge in [-0.2, -0.15) is 18.7 Å². The molecule has 7 heteroatoms. The third-order valence-electron chi connectivity index (χ3n) is 1.60. The number of hydrogen-bond acceptors (Lipinski definition) is 3. The predicted octanol–water partition coefficient (Wildman–Crippen LogP) is 2.41. The molecule has 0 heterocycles. The number of carbonyl (C=O) groups is 1. The molecule has 94 valence electrons. The van der Waals surface area contributed by atoms with Crippen molar-refractivity contribution >= 4 is 6.09 Å². The Morgan fingerprint density at radius 3 is 2.47 bits per heavy atom. The first-order chi connectivity index (χ1) is 7.97. The Balaban J connectivity index is 2.17. The Labute approximate surface area is 95.3 Å². The summed E-state index contributed by atoms with van der Waals surface area (Å²) in [6, 6.07) is 8.81. The lowest BCUT2D eigenvalue weighted by Crippen LogP contribution is -2.29.